The molecule has 0 unspecified atom stereocenters. The average molecular weight is 287 g/mol. The van der Waals surface area contributed by atoms with Crippen LogP contribution >= 0.6 is 0 Å². The second-order valence-corrected chi connectivity index (χ2v) is 5.75. The quantitative estimate of drug-likeness (QED) is 0.516. The van der Waals surface area contributed by atoms with Crippen LogP contribution in [0.2, 0.25) is 0 Å². The molecule has 0 N–H and O–H groups in total. The smallest absolute Gasteiger partial charge is 0.126 e. The van der Waals surface area contributed by atoms with Crippen LogP contribution in [0.5, 0.6) is 0 Å². The highest BCUT2D eigenvalue weighted by atomic mass is 15.0. The van der Waals surface area contributed by atoms with E-state index in [0.29, 0.717) is 0 Å². The summed E-state index contributed by atoms with van der Waals surface area (Å²) in [4.78, 5) is 9.29. The maximum absolute atomic E-state index is 4.72. The summed E-state index contributed by atoms with van der Waals surface area (Å²) in [6, 6.07) is 16.9. The van der Waals surface area contributed by atoms with E-state index in [2.05, 4.69) is 65.9 Å². The number of rotatable bonds is 1. The van der Waals surface area contributed by atoms with Gasteiger partial charge in [0.1, 0.15) is 11.3 Å². The normalized spacial score (nSPS) is 11.4. The van der Waals surface area contributed by atoms with E-state index < -0.39 is 0 Å². The molecule has 0 saturated heterocycles. The van der Waals surface area contributed by atoms with E-state index in [4.69, 9.17) is 4.98 Å². The molecule has 4 rings (SSSR count). The monoisotopic (exact) mass is 287 g/mol. The third-order valence-corrected chi connectivity index (χ3v) is 4.06. The van der Waals surface area contributed by atoms with Gasteiger partial charge in [-0.25, -0.2) is 9.97 Å². The van der Waals surface area contributed by atoms with Crippen molar-refractivity contribution >= 4 is 21.9 Å². The van der Waals surface area contributed by atoms with Gasteiger partial charge in [-0.3, -0.25) is 0 Å². The largest absolute Gasteiger partial charge is 0.306 e. The van der Waals surface area contributed by atoms with E-state index in [1.54, 1.807) is 0 Å². The Kier molecular flexibility index (Phi) is 2.76. The lowest BCUT2D eigenvalue weighted by Gasteiger charge is -2.08. The van der Waals surface area contributed by atoms with E-state index in [-0.39, 0.29) is 0 Å². The molecule has 0 aliphatic heterocycles. The molecule has 0 aliphatic carbocycles. The Morgan fingerprint density at radius 1 is 0.864 bits per heavy atom. The van der Waals surface area contributed by atoms with Crippen LogP contribution in [0.15, 0.2) is 48.5 Å². The molecule has 2 aromatic carbocycles. The van der Waals surface area contributed by atoms with Crippen molar-refractivity contribution in [3.8, 4) is 5.69 Å². The molecule has 0 bridgehead atoms. The topological polar surface area (TPSA) is 30.7 Å². The molecule has 2 heterocycles. The van der Waals surface area contributed by atoms with Gasteiger partial charge < -0.3 is 4.57 Å². The first-order chi connectivity index (χ1) is 10.6. The Labute approximate surface area is 129 Å². The molecular formula is C19H17N3. The fourth-order valence-corrected chi connectivity index (χ4v) is 3.16. The van der Waals surface area contributed by atoms with Crippen molar-refractivity contribution in [3.63, 3.8) is 0 Å². The molecule has 0 atom stereocenters. The van der Waals surface area contributed by atoms with E-state index in [1.807, 2.05) is 13.0 Å². The summed E-state index contributed by atoms with van der Waals surface area (Å²) in [6.07, 6.45) is 0. The molecule has 0 aliphatic rings. The minimum Gasteiger partial charge on any atom is -0.306 e. The highest BCUT2D eigenvalue weighted by molar-refractivity contribution is 6.07. The highest BCUT2D eigenvalue weighted by Crippen LogP contribution is 2.32. The standard InChI is InChI=1S/C19H17N3/c1-12-9-10-17-16(11-12)18-19(13(2)20-14(3)21-18)22(17)15-7-5-4-6-8-15/h4-11H,1-3H3. The number of aromatic nitrogens is 3. The number of aryl methyl sites for hydroxylation is 3. The Morgan fingerprint density at radius 2 is 1.64 bits per heavy atom. The van der Waals surface area contributed by atoms with Crippen LogP contribution in [-0.4, -0.2) is 14.5 Å². The summed E-state index contributed by atoms with van der Waals surface area (Å²) in [5.74, 6) is 0.818. The molecule has 0 radical (unpaired) electrons. The van der Waals surface area contributed by atoms with Crippen molar-refractivity contribution in [1.29, 1.82) is 0 Å². The van der Waals surface area contributed by atoms with Gasteiger partial charge in [0.2, 0.25) is 0 Å². The summed E-state index contributed by atoms with van der Waals surface area (Å²) >= 11 is 0. The maximum atomic E-state index is 4.72. The predicted octanol–water partition coefficient (Wildman–Crippen LogP) is 4.50. The van der Waals surface area contributed by atoms with Crippen molar-refractivity contribution in [3.05, 3.63) is 65.6 Å². The Morgan fingerprint density at radius 3 is 2.41 bits per heavy atom. The van der Waals surface area contributed by atoms with Crippen LogP contribution in [0, 0.1) is 20.8 Å². The molecule has 4 aromatic rings. The molecule has 3 nitrogen and oxygen atoms in total. The molecule has 0 spiro atoms. The molecule has 22 heavy (non-hydrogen) atoms. The van der Waals surface area contributed by atoms with Crippen LogP contribution in [0.3, 0.4) is 0 Å². The number of hydrogen-bond acceptors (Lipinski definition) is 2. The summed E-state index contributed by atoms with van der Waals surface area (Å²) in [7, 11) is 0. The minimum absolute atomic E-state index is 0.818. The van der Waals surface area contributed by atoms with Gasteiger partial charge in [0.15, 0.2) is 0 Å². The average Bonchev–Trinajstić information content (AvgIpc) is 2.82. The zero-order chi connectivity index (χ0) is 15.3. The lowest BCUT2D eigenvalue weighted by molar-refractivity contribution is 1.03. The first-order valence-electron chi connectivity index (χ1n) is 7.46. The fourth-order valence-electron chi connectivity index (χ4n) is 3.16. The lowest BCUT2D eigenvalue weighted by atomic mass is 10.1. The second kappa shape index (κ2) is 4.67. The van der Waals surface area contributed by atoms with Crippen molar-refractivity contribution in [2.24, 2.45) is 0 Å². The summed E-state index contributed by atoms with van der Waals surface area (Å²) in [5.41, 5.74) is 6.70. The second-order valence-electron chi connectivity index (χ2n) is 5.75. The number of para-hydroxylation sites is 1. The van der Waals surface area contributed by atoms with Crippen LogP contribution in [0.25, 0.3) is 27.6 Å². The van der Waals surface area contributed by atoms with Crippen LogP contribution in [0.4, 0.5) is 0 Å². The van der Waals surface area contributed by atoms with E-state index in [9.17, 15) is 0 Å². The summed E-state index contributed by atoms with van der Waals surface area (Å²) in [6.45, 7) is 6.13. The molecular weight excluding hydrogens is 270 g/mol. The third kappa shape index (κ3) is 1.82. The highest BCUT2D eigenvalue weighted by Gasteiger charge is 2.16. The van der Waals surface area contributed by atoms with Gasteiger partial charge in [-0.1, -0.05) is 29.8 Å². The zero-order valence-electron chi connectivity index (χ0n) is 13.0. The zero-order valence-corrected chi connectivity index (χ0v) is 13.0. The van der Waals surface area contributed by atoms with Gasteiger partial charge in [0.25, 0.3) is 0 Å². The van der Waals surface area contributed by atoms with Crippen molar-refractivity contribution < 1.29 is 0 Å². The van der Waals surface area contributed by atoms with E-state index >= 15 is 0 Å². The number of fused-ring (bicyclic) bond motifs is 3. The fraction of sp³-hybridized carbons (Fsp3) is 0.158. The predicted molar refractivity (Wildman–Crippen MR) is 90.6 cm³/mol. The third-order valence-electron chi connectivity index (χ3n) is 4.06. The van der Waals surface area contributed by atoms with E-state index in [0.717, 1.165) is 28.2 Å². The first-order valence-corrected chi connectivity index (χ1v) is 7.46. The SMILES string of the molecule is Cc1ccc2c(c1)c1nc(C)nc(C)c1n2-c1ccccc1. The molecule has 108 valence electrons. The van der Waals surface area contributed by atoms with Gasteiger partial charge in [-0.2, -0.15) is 0 Å². The number of nitrogens with zero attached hydrogens (tertiary/aromatic N) is 3. The molecule has 2 aromatic heterocycles. The van der Waals surface area contributed by atoms with Crippen molar-refractivity contribution in [2.45, 2.75) is 20.8 Å². The molecule has 0 fully saturated rings. The van der Waals surface area contributed by atoms with E-state index in [1.165, 1.54) is 16.5 Å². The van der Waals surface area contributed by atoms with Gasteiger partial charge in [-0.15, -0.1) is 0 Å². The van der Waals surface area contributed by atoms with Crippen molar-refractivity contribution in [2.75, 3.05) is 0 Å². The summed E-state index contributed by atoms with van der Waals surface area (Å²) < 4.78 is 2.26. The van der Waals surface area contributed by atoms with Gasteiger partial charge in [0.05, 0.1) is 16.7 Å². The minimum atomic E-state index is 0.818. The van der Waals surface area contributed by atoms with Gasteiger partial charge >= 0.3 is 0 Å². The first kappa shape index (κ1) is 13.0. The summed E-state index contributed by atoms with van der Waals surface area (Å²) in [5, 5.41) is 1.19. The van der Waals surface area contributed by atoms with Gasteiger partial charge in [-0.05, 0) is 45.0 Å². The number of hydrogen-bond donors (Lipinski definition) is 0. The molecule has 0 amide bonds. The molecule has 0 saturated carbocycles. The van der Waals surface area contributed by atoms with Crippen LogP contribution < -0.4 is 0 Å². The van der Waals surface area contributed by atoms with Gasteiger partial charge in [0, 0.05) is 11.1 Å². The Balaban J connectivity index is 2.27. The van der Waals surface area contributed by atoms with Crippen LogP contribution in [-0.2, 0) is 0 Å². The number of benzene rings is 2. The maximum Gasteiger partial charge on any atom is 0.126 e. The van der Waals surface area contributed by atoms with Crippen molar-refractivity contribution in [1.82, 2.24) is 14.5 Å². The molecule has 3 heteroatoms. The van der Waals surface area contributed by atoms with Crippen LogP contribution in [0.1, 0.15) is 17.1 Å². The Hall–Kier alpha value is -2.68. The Bertz CT molecular complexity index is 998. The lowest BCUT2D eigenvalue weighted by Crippen LogP contribution is -1.98.